The highest BCUT2D eigenvalue weighted by Gasteiger charge is 2.32. The van der Waals surface area contributed by atoms with Crippen molar-refractivity contribution in [3.63, 3.8) is 0 Å². The predicted octanol–water partition coefficient (Wildman–Crippen LogP) is -1.43. The maximum absolute atomic E-state index is 12.1. The summed E-state index contributed by atoms with van der Waals surface area (Å²) in [5.41, 5.74) is -0.391. The van der Waals surface area contributed by atoms with Gasteiger partial charge >= 0.3 is 5.97 Å². The van der Waals surface area contributed by atoms with Gasteiger partial charge in [0.1, 0.15) is 11.1 Å². The average molecular weight is 313 g/mol. The maximum Gasteiger partial charge on any atom is 0.380 e. The summed E-state index contributed by atoms with van der Waals surface area (Å²) in [5, 5.41) is 21.2. The first-order valence-electron chi connectivity index (χ1n) is 6.10. The smallest absolute Gasteiger partial charge is 0.380 e. The van der Waals surface area contributed by atoms with Crippen LogP contribution in [0.15, 0.2) is 6.20 Å². The molecule has 11 nitrogen and oxygen atoms in total. The van der Waals surface area contributed by atoms with Crippen LogP contribution in [0, 0.1) is 10.1 Å². The molecule has 4 N–H and O–H groups in total. The second-order valence-corrected chi connectivity index (χ2v) is 4.12. The van der Waals surface area contributed by atoms with Crippen molar-refractivity contribution in [1.29, 1.82) is 0 Å². The average Bonchev–Trinajstić information content (AvgIpc) is 2.85. The molecule has 2 aromatic rings. The first-order chi connectivity index (χ1) is 10.4. The Balaban J connectivity index is 2.77. The third-order valence-electron chi connectivity index (χ3n) is 2.83. The Bertz CT molecular complexity index is 792. The third-order valence-corrected chi connectivity index (χ3v) is 2.83. The fourth-order valence-electron chi connectivity index (χ4n) is 1.97. The number of nitrogens with one attached hydrogen (secondary N) is 3. The number of hydrogen-bond acceptors (Lipinski definition) is 7. The molecule has 0 aromatic carbocycles. The van der Waals surface area contributed by atoms with Crippen molar-refractivity contribution in [2.75, 3.05) is 13.7 Å². The summed E-state index contributed by atoms with van der Waals surface area (Å²) >= 11 is 0. The minimum atomic E-state index is -1.47. The minimum absolute atomic E-state index is 0.0476. The van der Waals surface area contributed by atoms with E-state index in [4.69, 9.17) is 4.74 Å². The molecule has 2 aromatic heterocycles. The van der Waals surface area contributed by atoms with Crippen molar-refractivity contribution >= 4 is 28.5 Å². The van der Waals surface area contributed by atoms with Gasteiger partial charge in [-0.25, -0.2) is 10.0 Å². The number of H-pyrrole nitrogens is 2. The summed E-state index contributed by atoms with van der Waals surface area (Å²) in [7, 11) is 1.25. The molecule has 2 heterocycles. The number of esters is 1. The van der Waals surface area contributed by atoms with E-state index in [0.717, 1.165) is 6.20 Å². The topological polar surface area (TPSA) is 155 Å². The molecule has 118 valence electrons. The van der Waals surface area contributed by atoms with E-state index in [9.17, 15) is 24.9 Å². The summed E-state index contributed by atoms with van der Waals surface area (Å²) in [6.45, 7) is 1.45. The zero-order valence-corrected chi connectivity index (χ0v) is 11.6. The van der Waals surface area contributed by atoms with E-state index in [-0.39, 0.29) is 27.9 Å². The number of aromatic nitrogens is 3. The number of aromatic amines is 2. The van der Waals surface area contributed by atoms with Crippen LogP contribution in [0.3, 0.4) is 0 Å². The lowest BCUT2D eigenvalue weighted by atomic mass is 10.1. The molecule has 11 heteroatoms. The zero-order chi connectivity index (χ0) is 16.4. The van der Waals surface area contributed by atoms with Crippen molar-refractivity contribution in [3.05, 3.63) is 21.9 Å². The van der Waals surface area contributed by atoms with Gasteiger partial charge < -0.3 is 19.7 Å². The second-order valence-electron chi connectivity index (χ2n) is 4.12. The normalized spacial score (nSPS) is 12.2. The van der Waals surface area contributed by atoms with Crippen molar-refractivity contribution < 1.29 is 34.0 Å². The molecule has 1 atom stereocenters. The quantitative estimate of drug-likeness (QED) is 0.173. The van der Waals surface area contributed by atoms with Crippen LogP contribution in [0.2, 0.25) is 0 Å². The Morgan fingerprint density at radius 1 is 1.50 bits per heavy atom. The van der Waals surface area contributed by atoms with Gasteiger partial charge in [-0.2, -0.15) is 5.23 Å². The van der Waals surface area contributed by atoms with Crippen LogP contribution in [0.5, 0.6) is 5.88 Å². The Hall–Kier alpha value is -2.76. The van der Waals surface area contributed by atoms with E-state index in [1.165, 1.54) is 14.0 Å². The van der Waals surface area contributed by atoms with Crippen LogP contribution in [-0.4, -0.2) is 40.8 Å². The number of quaternary nitrogens is 1. The lowest BCUT2D eigenvalue weighted by Gasteiger charge is -2.10. The zero-order valence-electron chi connectivity index (χ0n) is 11.6. The number of Topliss-reactive ketones (excluding diaryl/α,β-unsaturated/α-hetero) is 1. The van der Waals surface area contributed by atoms with Gasteiger partial charge in [-0.05, 0) is 6.92 Å². The summed E-state index contributed by atoms with van der Waals surface area (Å²) in [4.78, 5) is 37.7. The van der Waals surface area contributed by atoms with Gasteiger partial charge in [0, 0.05) is 0 Å². The summed E-state index contributed by atoms with van der Waals surface area (Å²) in [5.74, 6) is -3.00. The van der Waals surface area contributed by atoms with Crippen LogP contribution in [0.25, 0.3) is 10.9 Å². The molecule has 0 aliphatic heterocycles. The number of ketones is 1. The fraction of sp³-hybridized carbons (Fsp3) is 0.273. The molecule has 0 fully saturated rings. The van der Waals surface area contributed by atoms with Gasteiger partial charge in [0.2, 0.25) is 5.82 Å². The number of nitrogens with zero attached hydrogens (tertiary/aromatic N) is 1. The number of methoxy groups -OCH3 is 1. The van der Waals surface area contributed by atoms with E-state index < -0.39 is 28.4 Å². The number of ether oxygens (including phenoxy) is 2. The molecule has 0 saturated carbocycles. The van der Waals surface area contributed by atoms with E-state index in [2.05, 4.69) is 14.8 Å². The fourth-order valence-corrected chi connectivity index (χ4v) is 1.97. The van der Waals surface area contributed by atoms with Crippen LogP contribution < -0.4 is 14.5 Å². The van der Waals surface area contributed by atoms with Crippen molar-refractivity contribution in [3.8, 4) is 5.88 Å². The molecule has 0 spiro atoms. The van der Waals surface area contributed by atoms with Crippen LogP contribution in [-0.2, 0) is 9.53 Å². The highest BCUT2D eigenvalue weighted by molar-refractivity contribution is 6.44. The monoisotopic (exact) mass is 313 g/mol. The molecule has 2 rings (SSSR count). The van der Waals surface area contributed by atoms with Gasteiger partial charge in [-0.3, -0.25) is 4.79 Å². The molecular formula is C11H13N4O7+. The number of fused-ring (bicyclic) bond motifs is 1. The first kappa shape index (κ1) is 15.6. The predicted molar refractivity (Wildman–Crippen MR) is 69.3 cm³/mol. The lowest BCUT2D eigenvalue weighted by Crippen LogP contribution is -2.99. The molecule has 0 aliphatic carbocycles. The van der Waals surface area contributed by atoms with E-state index >= 15 is 0 Å². The van der Waals surface area contributed by atoms with Gasteiger partial charge in [0.05, 0.1) is 24.0 Å². The summed E-state index contributed by atoms with van der Waals surface area (Å²) in [6, 6.07) is 0. The summed E-state index contributed by atoms with van der Waals surface area (Å²) < 4.78 is 9.72. The molecule has 22 heavy (non-hydrogen) atoms. The second kappa shape index (κ2) is 5.93. The summed E-state index contributed by atoms with van der Waals surface area (Å²) in [6.07, 6.45) is 0.924. The van der Waals surface area contributed by atoms with Gasteiger partial charge in [0.25, 0.3) is 17.9 Å². The molecule has 1 unspecified atom stereocenters. The molecule has 0 radical (unpaired) electrons. The van der Waals surface area contributed by atoms with Gasteiger partial charge in [-0.15, -0.1) is 0 Å². The number of carbonyl (C=O) groups is 2. The van der Waals surface area contributed by atoms with E-state index in [1.54, 1.807) is 0 Å². The number of carbonyl (C=O) groups excluding carboxylic acids is 2. The van der Waals surface area contributed by atoms with Crippen LogP contribution in [0.1, 0.15) is 17.3 Å². The number of hydrogen-bond donors (Lipinski definition) is 4. The molecule has 0 saturated heterocycles. The van der Waals surface area contributed by atoms with Crippen molar-refractivity contribution in [1.82, 2.24) is 10.1 Å². The largest absolute Gasteiger partial charge is 0.594 e. The molecular weight excluding hydrogens is 300 g/mol. The van der Waals surface area contributed by atoms with Crippen molar-refractivity contribution in [2.45, 2.75) is 6.92 Å². The molecule has 0 aliphatic rings. The first-order valence-corrected chi connectivity index (χ1v) is 6.10. The maximum atomic E-state index is 12.1. The number of rotatable bonds is 5. The Morgan fingerprint density at radius 2 is 2.18 bits per heavy atom. The Labute approximate surface area is 122 Å². The van der Waals surface area contributed by atoms with Gasteiger partial charge in [-0.1, -0.05) is 5.10 Å². The van der Waals surface area contributed by atoms with Crippen molar-refractivity contribution in [2.24, 2.45) is 0 Å². The SMILES string of the molecule is CCOC(=O)C(=O)c1c([NH+]([O-])O)[nH]c2c(OC)[nH][n+](=O)cc12. The van der Waals surface area contributed by atoms with Gasteiger partial charge in [0.15, 0.2) is 4.54 Å². The minimum Gasteiger partial charge on any atom is -0.594 e. The van der Waals surface area contributed by atoms with E-state index in [0.29, 0.717) is 0 Å². The molecule has 0 bridgehead atoms. The third kappa shape index (κ3) is 2.55. The highest BCUT2D eigenvalue weighted by Crippen LogP contribution is 2.28. The van der Waals surface area contributed by atoms with Crippen LogP contribution in [0.4, 0.5) is 5.82 Å². The standard InChI is InChI=1S/C11H12N4O7/c1-3-22-11(17)8(16)6-5-4-14(18)13-10(21-2)7(5)12-9(6)15(19)20/h4,15,19H,3H2,1-2H3,(H-,12,13,16,17,18)/p+1. The van der Waals surface area contributed by atoms with E-state index in [1.807, 2.05) is 0 Å². The Morgan fingerprint density at radius 3 is 2.73 bits per heavy atom. The Kier molecular flexibility index (Phi) is 4.21. The molecule has 0 amide bonds. The highest BCUT2D eigenvalue weighted by atomic mass is 16.8. The lowest BCUT2D eigenvalue weighted by molar-refractivity contribution is -0.993. The van der Waals surface area contributed by atoms with Crippen LogP contribution >= 0.6 is 0 Å².